The van der Waals surface area contributed by atoms with E-state index in [9.17, 15) is 34.2 Å². The summed E-state index contributed by atoms with van der Waals surface area (Å²) in [5, 5.41) is 28.2. The number of fused-ring (bicyclic) bond motifs is 5. The number of aliphatic hydroxyl groups is 2. The van der Waals surface area contributed by atoms with E-state index >= 15 is 4.79 Å². The minimum absolute atomic E-state index is 0.0769. The molecule has 3 aliphatic carbocycles. The number of allylic oxidation sites excluding steroid dienone is 1. The second-order valence-corrected chi connectivity index (χ2v) is 16.9. The predicted molar refractivity (Wildman–Crippen MR) is 216 cm³/mol. The van der Waals surface area contributed by atoms with E-state index in [4.69, 9.17) is 23.7 Å². The lowest BCUT2D eigenvalue weighted by Gasteiger charge is -2.65. The fraction of sp³-hybridized carbons (Fsp3) is 0.404. The van der Waals surface area contributed by atoms with Crippen molar-refractivity contribution < 1.29 is 62.7 Å². The first-order chi connectivity index (χ1) is 28.9. The molecule has 10 atom stereocenters. The molecule has 61 heavy (non-hydrogen) atoms. The standard InChI is InChI=1S/C47H49NO13/c1-26-32(59-43(55)36(51)35(29-16-10-7-11-17-29)48-41(53)30-18-12-8-13-19-30)24-47(56)40(60-42(54)31-20-14-9-15-21-31)38-45(6,23-22-33-46(38,25-57-33)61-28(3)50)39(52)37(58-27(2)49)34(26)44(47,4)5/h7-23,32-33,35-38,40,51,56H,24-25H2,1-6H3,(H,48,53)/t32-,33+,35-,36+,37+,38-,40-,45+,46-,47+/m0/s1. The third kappa shape index (κ3) is 7.36. The number of ether oxygens (including phenoxy) is 5. The highest BCUT2D eigenvalue weighted by molar-refractivity contribution is 5.97. The zero-order valence-corrected chi connectivity index (χ0v) is 34.7. The summed E-state index contributed by atoms with van der Waals surface area (Å²) in [6, 6.07) is 23.2. The van der Waals surface area contributed by atoms with E-state index in [1.54, 1.807) is 119 Å². The summed E-state index contributed by atoms with van der Waals surface area (Å²) in [5.41, 5.74) is -6.24. The molecule has 14 heteroatoms. The molecular formula is C47H49NO13. The lowest BCUT2D eigenvalue weighted by Crippen LogP contribution is -2.78. The molecule has 2 fully saturated rings. The van der Waals surface area contributed by atoms with Gasteiger partial charge in [0.15, 0.2) is 23.6 Å². The molecule has 1 heterocycles. The Labute approximate surface area is 352 Å². The Balaban J connectivity index is 1.38. The van der Waals surface area contributed by atoms with Gasteiger partial charge in [0.2, 0.25) is 0 Å². The van der Waals surface area contributed by atoms with Gasteiger partial charge in [-0.25, -0.2) is 9.59 Å². The van der Waals surface area contributed by atoms with Gasteiger partial charge in [-0.3, -0.25) is 19.2 Å². The summed E-state index contributed by atoms with van der Waals surface area (Å²) in [4.78, 5) is 83.2. The van der Waals surface area contributed by atoms with Gasteiger partial charge in [-0.15, -0.1) is 0 Å². The molecule has 0 aromatic heterocycles. The van der Waals surface area contributed by atoms with E-state index in [2.05, 4.69) is 5.32 Å². The second-order valence-electron chi connectivity index (χ2n) is 16.9. The highest BCUT2D eigenvalue weighted by Crippen LogP contribution is 2.63. The summed E-state index contributed by atoms with van der Waals surface area (Å²) in [7, 11) is 0. The largest absolute Gasteiger partial charge is 0.456 e. The van der Waals surface area contributed by atoms with Gasteiger partial charge >= 0.3 is 23.9 Å². The number of carbonyl (C=O) groups is 6. The van der Waals surface area contributed by atoms with Crippen LogP contribution >= 0.6 is 0 Å². The van der Waals surface area contributed by atoms with Crippen molar-refractivity contribution >= 4 is 35.6 Å². The number of amides is 1. The molecule has 1 amide bonds. The third-order valence-corrected chi connectivity index (χ3v) is 12.9. The molecule has 14 nitrogen and oxygen atoms in total. The van der Waals surface area contributed by atoms with Crippen molar-refractivity contribution in [1.82, 2.24) is 5.32 Å². The van der Waals surface area contributed by atoms with Crippen LogP contribution in [-0.2, 0) is 42.9 Å². The number of aliphatic hydroxyl groups excluding tert-OH is 1. The minimum Gasteiger partial charge on any atom is -0.456 e. The SMILES string of the molecule is CC(=O)O[C@H]1C(=O)[C@]2(C)C=C[C@H]3OC[C@@]3(OC(C)=O)[C@H]2[C@H](OC(=O)c2ccccc2)[C@]2(O)C[C@H](OC(=O)[C@H](O)[C@@H](NC(=O)c3ccccc3)c3ccccc3)C(C)=C1C2(C)C. The number of rotatable bonds is 10. The number of Topliss-reactive ketones (excluding diaryl/α,β-unsaturated/α-hetero) is 1. The average molecular weight is 836 g/mol. The Hall–Kier alpha value is -5.96. The number of esters is 4. The highest BCUT2D eigenvalue weighted by atomic mass is 16.6. The molecule has 2 bridgehead atoms. The molecule has 1 saturated carbocycles. The fourth-order valence-corrected chi connectivity index (χ4v) is 9.73. The highest BCUT2D eigenvalue weighted by Gasteiger charge is 2.75. The smallest absolute Gasteiger partial charge is 0.338 e. The zero-order chi connectivity index (χ0) is 44.1. The van der Waals surface area contributed by atoms with E-state index in [0.29, 0.717) is 5.56 Å². The van der Waals surface area contributed by atoms with E-state index < -0.39 is 107 Å². The number of nitrogens with one attached hydrogen (secondary N) is 1. The van der Waals surface area contributed by atoms with Gasteiger partial charge in [0.25, 0.3) is 5.91 Å². The van der Waals surface area contributed by atoms with Crippen molar-refractivity contribution in [3.63, 3.8) is 0 Å². The van der Waals surface area contributed by atoms with Crippen molar-refractivity contribution in [3.8, 4) is 0 Å². The Morgan fingerprint density at radius 1 is 0.820 bits per heavy atom. The van der Waals surface area contributed by atoms with Crippen molar-refractivity contribution in [2.45, 2.75) is 95.7 Å². The van der Waals surface area contributed by atoms with Crippen LogP contribution in [0, 0.1) is 16.7 Å². The lowest BCUT2D eigenvalue weighted by molar-refractivity contribution is -0.306. The van der Waals surface area contributed by atoms with Gasteiger partial charge in [0.05, 0.1) is 29.5 Å². The van der Waals surface area contributed by atoms with Crippen LogP contribution in [0.25, 0.3) is 0 Å². The van der Waals surface area contributed by atoms with Gasteiger partial charge in [-0.05, 0) is 54.8 Å². The third-order valence-electron chi connectivity index (χ3n) is 12.9. The first kappa shape index (κ1) is 43.1. The topological polar surface area (TPSA) is 201 Å². The van der Waals surface area contributed by atoms with Crippen LogP contribution in [0.2, 0.25) is 0 Å². The number of carbonyl (C=O) groups excluding carboxylic acids is 6. The van der Waals surface area contributed by atoms with Gasteiger partial charge in [-0.1, -0.05) is 92.7 Å². The Morgan fingerprint density at radius 3 is 1.97 bits per heavy atom. The lowest BCUT2D eigenvalue weighted by atomic mass is 9.46. The molecule has 0 spiro atoms. The van der Waals surface area contributed by atoms with Crippen molar-refractivity contribution in [3.05, 3.63) is 131 Å². The summed E-state index contributed by atoms with van der Waals surface area (Å²) >= 11 is 0. The predicted octanol–water partition coefficient (Wildman–Crippen LogP) is 4.54. The van der Waals surface area contributed by atoms with Crippen molar-refractivity contribution in [1.29, 1.82) is 0 Å². The van der Waals surface area contributed by atoms with E-state index in [0.717, 1.165) is 6.92 Å². The molecule has 3 aromatic rings. The first-order valence-corrected chi connectivity index (χ1v) is 20.1. The molecule has 320 valence electrons. The maximum Gasteiger partial charge on any atom is 0.338 e. The summed E-state index contributed by atoms with van der Waals surface area (Å²) in [6.45, 7) is 8.39. The first-order valence-electron chi connectivity index (χ1n) is 20.1. The van der Waals surface area contributed by atoms with Crippen LogP contribution in [0.4, 0.5) is 0 Å². The maximum absolute atomic E-state index is 15.4. The summed E-state index contributed by atoms with van der Waals surface area (Å²) < 4.78 is 30.4. The molecule has 3 aromatic carbocycles. The van der Waals surface area contributed by atoms with E-state index in [1.165, 1.54) is 19.1 Å². The molecule has 0 radical (unpaired) electrons. The number of benzene rings is 3. The maximum atomic E-state index is 15.4. The molecule has 1 saturated heterocycles. The molecule has 1 aliphatic heterocycles. The number of hydrogen-bond donors (Lipinski definition) is 3. The van der Waals surface area contributed by atoms with Gasteiger partial charge < -0.3 is 39.2 Å². The number of ketones is 1. The summed E-state index contributed by atoms with van der Waals surface area (Å²) in [5.74, 6) is -6.27. The second kappa shape index (κ2) is 16.1. The summed E-state index contributed by atoms with van der Waals surface area (Å²) in [6.07, 6.45) is -5.14. The van der Waals surface area contributed by atoms with Crippen LogP contribution < -0.4 is 5.32 Å². The molecule has 0 unspecified atom stereocenters. The quantitative estimate of drug-likeness (QED) is 0.146. The fourth-order valence-electron chi connectivity index (χ4n) is 9.73. The van der Waals surface area contributed by atoms with Crippen LogP contribution in [0.3, 0.4) is 0 Å². The van der Waals surface area contributed by atoms with E-state index in [-0.39, 0.29) is 28.9 Å². The van der Waals surface area contributed by atoms with Crippen LogP contribution in [-0.4, -0.2) is 94.1 Å². The molecule has 7 rings (SSSR count). The monoisotopic (exact) mass is 835 g/mol. The van der Waals surface area contributed by atoms with Crippen LogP contribution in [0.15, 0.2) is 114 Å². The molecule has 3 N–H and O–H groups in total. The zero-order valence-electron chi connectivity index (χ0n) is 34.7. The Bertz CT molecular complexity index is 2290. The van der Waals surface area contributed by atoms with E-state index in [1.807, 2.05) is 0 Å². The number of hydrogen-bond acceptors (Lipinski definition) is 13. The molecular weight excluding hydrogens is 787 g/mol. The average Bonchev–Trinajstić information content (AvgIpc) is 3.22. The van der Waals surface area contributed by atoms with Crippen molar-refractivity contribution in [2.75, 3.05) is 6.61 Å². The van der Waals surface area contributed by atoms with Gasteiger partial charge in [0, 0.05) is 31.2 Å². The normalized spacial score (nSPS) is 30.7. The minimum atomic E-state index is -2.30. The van der Waals surface area contributed by atoms with Crippen LogP contribution in [0.1, 0.15) is 80.3 Å². The van der Waals surface area contributed by atoms with Crippen LogP contribution in [0.5, 0.6) is 0 Å². The molecule has 4 aliphatic rings. The van der Waals surface area contributed by atoms with Crippen molar-refractivity contribution in [2.24, 2.45) is 16.7 Å². The van der Waals surface area contributed by atoms with Gasteiger partial charge in [0.1, 0.15) is 23.9 Å². The Morgan fingerprint density at radius 2 is 1.41 bits per heavy atom. The van der Waals surface area contributed by atoms with Gasteiger partial charge in [-0.2, -0.15) is 0 Å². The Kier molecular flexibility index (Phi) is 11.4.